The maximum atomic E-state index is 5.83. The van der Waals surface area contributed by atoms with Crippen molar-refractivity contribution in [1.82, 2.24) is 4.98 Å². The van der Waals surface area contributed by atoms with Crippen molar-refractivity contribution in [2.75, 3.05) is 0 Å². The van der Waals surface area contributed by atoms with Crippen molar-refractivity contribution >= 4 is 11.6 Å². The molecular formula is C13H13ClN2O. The molecule has 1 unspecified atom stereocenters. The monoisotopic (exact) mass is 248 g/mol. The smallest absolute Gasteiger partial charge is 0.147 e. The summed E-state index contributed by atoms with van der Waals surface area (Å²) in [6.07, 6.45) is 3.18. The molecule has 0 aliphatic rings. The number of benzene rings is 1. The summed E-state index contributed by atoms with van der Waals surface area (Å²) in [5.41, 5.74) is 6.84. The van der Waals surface area contributed by atoms with E-state index in [1.54, 1.807) is 18.5 Å². The Morgan fingerprint density at radius 1 is 1.24 bits per heavy atom. The maximum absolute atomic E-state index is 5.83. The van der Waals surface area contributed by atoms with Gasteiger partial charge in [0.2, 0.25) is 0 Å². The van der Waals surface area contributed by atoms with Crippen molar-refractivity contribution in [3.8, 4) is 11.5 Å². The number of nitrogens with zero attached hydrogens (tertiary/aromatic N) is 1. The molecule has 0 radical (unpaired) electrons. The fourth-order valence-electron chi connectivity index (χ4n) is 1.45. The molecule has 2 rings (SSSR count). The molecule has 1 aromatic heterocycles. The minimum Gasteiger partial charge on any atom is -0.456 e. The van der Waals surface area contributed by atoms with E-state index in [4.69, 9.17) is 22.1 Å². The lowest BCUT2D eigenvalue weighted by atomic mass is 10.1. The Morgan fingerprint density at radius 2 is 2.06 bits per heavy atom. The summed E-state index contributed by atoms with van der Waals surface area (Å²) in [4.78, 5) is 3.96. The normalized spacial score (nSPS) is 12.2. The van der Waals surface area contributed by atoms with E-state index >= 15 is 0 Å². The number of halogens is 1. The average Bonchev–Trinajstić information content (AvgIpc) is 2.29. The maximum Gasteiger partial charge on any atom is 0.147 e. The van der Waals surface area contributed by atoms with Crippen molar-refractivity contribution in [2.24, 2.45) is 5.73 Å². The lowest BCUT2D eigenvalue weighted by molar-refractivity contribution is 0.479. The lowest BCUT2D eigenvalue weighted by Crippen LogP contribution is -2.04. The van der Waals surface area contributed by atoms with Gasteiger partial charge < -0.3 is 10.5 Å². The molecule has 0 bridgehead atoms. The van der Waals surface area contributed by atoms with Gasteiger partial charge in [0.1, 0.15) is 11.5 Å². The van der Waals surface area contributed by atoms with Crippen LogP contribution in [0.2, 0.25) is 5.02 Å². The van der Waals surface area contributed by atoms with Crippen LogP contribution >= 0.6 is 11.6 Å². The SMILES string of the molecule is CC(N)c1cccc(Oc2cncc(Cl)c2)c1. The van der Waals surface area contributed by atoms with Crippen LogP contribution < -0.4 is 10.5 Å². The molecule has 4 heteroatoms. The molecule has 0 saturated heterocycles. The second kappa shape index (κ2) is 5.17. The van der Waals surface area contributed by atoms with Gasteiger partial charge in [-0.2, -0.15) is 0 Å². The van der Waals surface area contributed by atoms with Gasteiger partial charge in [-0.1, -0.05) is 23.7 Å². The minimum absolute atomic E-state index is 0.0176. The number of hydrogen-bond acceptors (Lipinski definition) is 3. The van der Waals surface area contributed by atoms with Crippen molar-refractivity contribution < 1.29 is 4.74 Å². The van der Waals surface area contributed by atoms with E-state index in [1.807, 2.05) is 31.2 Å². The van der Waals surface area contributed by atoms with Crippen LogP contribution in [0, 0.1) is 0 Å². The Labute approximate surface area is 105 Å². The number of ether oxygens (including phenoxy) is 1. The van der Waals surface area contributed by atoms with E-state index in [0.717, 1.165) is 11.3 Å². The van der Waals surface area contributed by atoms with Crippen LogP contribution in [0.5, 0.6) is 11.5 Å². The van der Waals surface area contributed by atoms with E-state index in [-0.39, 0.29) is 6.04 Å². The van der Waals surface area contributed by atoms with Crippen molar-refractivity contribution in [3.05, 3.63) is 53.3 Å². The summed E-state index contributed by atoms with van der Waals surface area (Å²) in [7, 11) is 0. The predicted octanol–water partition coefficient (Wildman–Crippen LogP) is 3.55. The Hall–Kier alpha value is -1.58. The van der Waals surface area contributed by atoms with E-state index < -0.39 is 0 Å². The third-order valence-corrected chi connectivity index (χ3v) is 2.51. The van der Waals surface area contributed by atoms with E-state index in [1.165, 1.54) is 0 Å². The molecule has 17 heavy (non-hydrogen) atoms. The molecule has 0 aliphatic heterocycles. The fraction of sp³-hybridized carbons (Fsp3) is 0.154. The molecule has 0 fully saturated rings. The first-order chi connectivity index (χ1) is 8.15. The molecule has 3 nitrogen and oxygen atoms in total. The number of aromatic nitrogens is 1. The molecule has 88 valence electrons. The largest absolute Gasteiger partial charge is 0.456 e. The molecule has 1 heterocycles. The molecule has 1 aromatic carbocycles. The van der Waals surface area contributed by atoms with Gasteiger partial charge in [0.05, 0.1) is 11.2 Å². The number of rotatable bonds is 3. The van der Waals surface area contributed by atoms with Gasteiger partial charge in [-0.05, 0) is 24.6 Å². The zero-order valence-corrected chi connectivity index (χ0v) is 10.2. The van der Waals surface area contributed by atoms with E-state index in [9.17, 15) is 0 Å². The van der Waals surface area contributed by atoms with Gasteiger partial charge in [0.15, 0.2) is 0 Å². The van der Waals surface area contributed by atoms with Gasteiger partial charge in [-0.3, -0.25) is 4.98 Å². The second-order valence-electron chi connectivity index (χ2n) is 3.80. The van der Waals surface area contributed by atoms with E-state index in [2.05, 4.69) is 4.98 Å². The van der Waals surface area contributed by atoms with Crippen LogP contribution in [0.1, 0.15) is 18.5 Å². The third kappa shape index (κ3) is 3.19. The highest BCUT2D eigenvalue weighted by atomic mass is 35.5. The van der Waals surface area contributed by atoms with Gasteiger partial charge >= 0.3 is 0 Å². The highest BCUT2D eigenvalue weighted by Crippen LogP contribution is 2.25. The highest BCUT2D eigenvalue weighted by Gasteiger charge is 2.03. The summed E-state index contributed by atoms with van der Waals surface area (Å²) in [6.45, 7) is 1.93. The summed E-state index contributed by atoms with van der Waals surface area (Å²) < 4.78 is 5.65. The molecular weight excluding hydrogens is 236 g/mol. The number of pyridine rings is 1. The second-order valence-corrected chi connectivity index (χ2v) is 4.24. The van der Waals surface area contributed by atoms with Gasteiger partial charge in [0.25, 0.3) is 0 Å². The minimum atomic E-state index is -0.0176. The molecule has 1 atom stereocenters. The van der Waals surface area contributed by atoms with Crippen LogP contribution in [0.3, 0.4) is 0 Å². The standard InChI is InChI=1S/C13H13ClN2O/c1-9(15)10-3-2-4-12(5-10)17-13-6-11(14)7-16-8-13/h2-9H,15H2,1H3. The summed E-state index contributed by atoms with van der Waals surface area (Å²) in [6, 6.07) is 9.35. The average molecular weight is 249 g/mol. The molecule has 0 saturated carbocycles. The number of hydrogen-bond donors (Lipinski definition) is 1. The first-order valence-electron chi connectivity index (χ1n) is 5.29. The molecule has 0 amide bonds. The third-order valence-electron chi connectivity index (χ3n) is 2.30. The van der Waals surface area contributed by atoms with Crippen LogP contribution in [-0.2, 0) is 0 Å². The Bertz CT molecular complexity index is 514. The van der Waals surface area contributed by atoms with Crippen LogP contribution in [-0.4, -0.2) is 4.98 Å². The van der Waals surface area contributed by atoms with Crippen LogP contribution in [0.15, 0.2) is 42.7 Å². The quantitative estimate of drug-likeness (QED) is 0.904. The first kappa shape index (κ1) is 11.9. The first-order valence-corrected chi connectivity index (χ1v) is 5.67. The fourth-order valence-corrected chi connectivity index (χ4v) is 1.61. The zero-order chi connectivity index (χ0) is 12.3. The molecule has 2 N–H and O–H groups in total. The molecule has 2 aromatic rings. The van der Waals surface area contributed by atoms with Crippen molar-refractivity contribution in [1.29, 1.82) is 0 Å². The highest BCUT2D eigenvalue weighted by molar-refractivity contribution is 6.30. The van der Waals surface area contributed by atoms with E-state index in [0.29, 0.717) is 10.8 Å². The molecule has 0 spiro atoms. The van der Waals surface area contributed by atoms with Crippen molar-refractivity contribution in [3.63, 3.8) is 0 Å². The summed E-state index contributed by atoms with van der Waals surface area (Å²) >= 11 is 5.83. The topological polar surface area (TPSA) is 48.1 Å². The zero-order valence-electron chi connectivity index (χ0n) is 9.43. The lowest BCUT2D eigenvalue weighted by Gasteiger charge is -2.09. The summed E-state index contributed by atoms with van der Waals surface area (Å²) in [5.74, 6) is 1.34. The summed E-state index contributed by atoms with van der Waals surface area (Å²) in [5, 5.41) is 0.547. The Balaban J connectivity index is 2.21. The van der Waals surface area contributed by atoms with Gasteiger partial charge in [-0.25, -0.2) is 0 Å². The number of nitrogens with two attached hydrogens (primary N) is 1. The van der Waals surface area contributed by atoms with Gasteiger partial charge in [0, 0.05) is 18.3 Å². The molecule has 0 aliphatic carbocycles. The van der Waals surface area contributed by atoms with Crippen LogP contribution in [0.25, 0.3) is 0 Å². The predicted molar refractivity (Wildman–Crippen MR) is 68.4 cm³/mol. The Morgan fingerprint density at radius 3 is 2.76 bits per heavy atom. The Kier molecular flexibility index (Phi) is 3.61. The van der Waals surface area contributed by atoms with Crippen molar-refractivity contribution in [2.45, 2.75) is 13.0 Å². The van der Waals surface area contributed by atoms with Gasteiger partial charge in [-0.15, -0.1) is 0 Å². The van der Waals surface area contributed by atoms with Crippen LogP contribution in [0.4, 0.5) is 0 Å².